The normalized spacial score (nSPS) is 11.2. The molecule has 2 aromatic rings. The number of benzene rings is 1. The van der Waals surface area contributed by atoms with Gasteiger partial charge in [0.2, 0.25) is 0 Å². The molecule has 0 fully saturated rings. The number of nitrogens with two attached hydrogens (primary N) is 1. The van der Waals surface area contributed by atoms with E-state index in [2.05, 4.69) is 9.71 Å². The first-order valence-electron chi connectivity index (χ1n) is 5.28. The summed E-state index contributed by atoms with van der Waals surface area (Å²) >= 11 is 0. The average Bonchev–Trinajstić information content (AvgIpc) is 2.33. The van der Waals surface area contributed by atoms with Crippen molar-refractivity contribution < 1.29 is 8.42 Å². The molecule has 1 aromatic carbocycles. The van der Waals surface area contributed by atoms with Crippen LogP contribution in [0, 0.1) is 6.92 Å². The van der Waals surface area contributed by atoms with Crippen LogP contribution in [-0.4, -0.2) is 13.4 Å². The summed E-state index contributed by atoms with van der Waals surface area (Å²) in [6.45, 7) is 1.72. The third kappa shape index (κ3) is 2.60. The van der Waals surface area contributed by atoms with Crippen molar-refractivity contribution in [1.82, 2.24) is 4.98 Å². The molecule has 0 aliphatic heterocycles. The Hall–Kier alpha value is -2.08. The van der Waals surface area contributed by atoms with E-state index in [1.54, 1.807) is 37.4 Å². The highest BCUT2D eigenvalue weighted by Crippen LogP contribution is 2.21. The van der Waals surface area contributed by atoms with Gasteiger partial charge in [0.1, 0.15) is 0 Å². The monoisotopic (exact) mass is 263 g/mol. The minimum Gasteiger partial charge on any atom is -0.399 e. The van der Waals surface area contributed by atoms with Crippen LogP contribution in [0.1, 0.15) is 5.56 Å². The molecule has 0 spiro atoms. The first kappa shape index (κ1) is 12.4. The molecule has 2 rings (SSSR count). The number of pyridine rings is 1. The van der Waals surface area contributed by atoms with E-state index >= 15 is 0 Å². The number of sulfonamides is 1. The Bertz CT molecular complexity index is 654. The molecule has 1 aromatic heterocycles. The molecule has 6 heteroatoms. The molecule has 18 heavy (non-hydrogen) atoms. The van der Waals surface area contributed by atoms with Crippen molar-refractivity contribution in [3.05, 3.63) is 48.3 Å². The fourth-order valence-corrected chi connectivity index (χ4v) is 2.86. The lowest BCUT2D eigenvalue weighted by Gasteiger charge is -2.10. The Morgan fingerprint density at radius 3 is 2.72 bits per heavy atom. The summed E-state index contributed by atoms with van der Waals surface area (Å²) in [6.07, 6.45) is 3.02. The molecule has 0 aliphatic carbocycles. The second-order valence-corrected chi connectivity index (χ2v) is 5.52. The van der Waals surface area contributed by atoms with E-state index in [1.807, 2.05) is 0 Å². The maximum atomic E-state index is 12.2. The second-order valence-electron chi connectivity index (χ2n) is 3.87. The fourth-order valence-electron chi connectivity index (χ4n) is 1.54. The summed E-state index contributed by atoms with van der Waals surface area (Å²) in [5.41, 5.74) is 7.08. The molecule has 0 amide bonds. The molecule has 94 valence electrons. The molecule has 0 unspecified atom stereocenters. The highest BCUT2D eigenvalue weighted by Gasteiger charge is 2.17. The lowest BCUT2D eigenvalue weighted by molar-refractivity contribution is 0.600. The number of aromatic nitrogens is 1. The van der Waals surface area contributed by atoms with Crippen LogP contribution in [0.2, 0.25) is 0 Å². The Kier molecular flexibility index (Phi) is 3.20. The standard InChI is InChI=1S/C12H13N3O2S/c1-9-4-5-10(13)7-12(9)18(16,17)15-11-3-2-6-14-8-11/h2-8,15H,13H2,1H3. The summed E-state index contributed by atoms with van der Waals surface area (Å²) in [7, 11) is -3.64. The first-order chi connectivity index (χ1) is 8.49. The predicted octanol–water partition coefficient (Wildman–Crippen LogP) is 1.77. The zero-order valence-electron chi connectivity index (χ0n) is 9.79. The van der Waals surface area contributed by atoms with Crippen LogP contribution in [0.5, 0.6) is 0 Å². The lowest BCUT2D eigenvalue weighted by Crippen LogP contribution is -2.14. The van der Waals surface area contributed by atoms with E-state index in [0.29, 0.717) is 16.9 Å². The third-order valence-electron chi connectivity index (χ3n) is 2.42. The van der Waals surface area contributed by atoms with Gasteiger partial charge in [-0.05, 0) is 36.8 Å². The van der Waals surface area contributed by atoms with Crippen molar-refractivity contribution in [3.8, 4) is 0 Å². The number of nitrogens with zero attached hydrogens (tertiary/aromatic N) is 1. The number of anilines is 2. The number of hydrogen-bond donors (Lipinski definition) is 2. The van der Waals surface area contributed by atoms with Crippen molar-refractivity contribution in [2.45, 2.75) is 11.8 Å². The Balaban J connectivity index is 2.40. The van der Waals surface area contributed by atoms with E-state index in [0.717, 1.165) is 0 Å². The number of hydrogen-bond acceptors (Lipinski definition) is 4. The predicted molar refractivity (Wildman–Crippen MR) is 70.6 cm³/mol. The van der Waals surface area contributed by atoms with E-state index in [4.69, 9.17) is 5.73 Å². The van der Waals surface area contributed by atoms with Crippen LogP contribution in [0.3, 0.4) is 0 Å². The molecule has 0 saturated heterocycles. The van der Waals surface area contributed by atoms with Gasteiger partial charge in [0, 0.05) is 11.9 Å². The highest BCUT2D eigenvalue weighted by atomic mass is 32.2. The smallest absolute Gasteiger partial charge is 0.262 e. The zero-order valence-corrected chi connectivity index (χ0v) is 10.6. The van der Waals surface area contributed by atoms with Crippen molar-refractivity contribution in [3.63, 3.8) is 0 Å². The molecule has 0 atom stereocenters. The van der Waals surface area contributed by atoms with Gasteiger partial charge in [0.05, 0.1) is 16.8 Å². The van der Waals surface area contributed by atoms with Crippen LogP contribution < -0.4 is 10.5 Å². The lowest BCUT2D eigenvalue weighted by atomic mass is 10.2. The van der Waals surface area contributed by atoms with Crippen LogP contribution in [0.15, 0.2) is 47.6 Å². The van der Waals surface area contributed by atoms with Crippen LogP contribution in [-0.2, 0) is 10.0 Å². The van der Waals surface area contributed by atoms with Gasteiger partial charge in [0.25, 0.3) is 10.0 Å². The first-order valence-corrected chi connectivity index (χ1v) is 6.76. The second kappa shape index (κ2) is 4.66. The maximum Gasteiger partial charge on any atom is 0.262 e. The van der Waals surface area contributed by atoms with Gasteiger partial charge in [-0.25, -0.2) is 8.42 Å². The van der Waals surface area contributed by atoms with Crippen molar-refractivity contribution in [2.75, 3.05) is 10.5 Å². The average molecular weight is 263 g/mol. The Labute approximate surface area is 106 Å². The van der Waals surface area contributed by atoms with Crippen molar-refractivity contribution in [1.29, 1.82) is 0 Å². The Morgan fingerprint density at radius 1 is 1.28 bits per heavy atom. The summed E-state index contributed by atoms with van der Waals surface area (Å²) in [5.74, 6) is 0. The topological polar surface area (TPSA) is 85.1 Å². The van der Waals surface area contributed by atoms with E-state index < -0.39 is 10.0 Å². The molecular weight excluding hydrogens is 250 g/mol. The summed E-state index contributed by atoms with van der Waals surface area (Å²) < 4.78 is 26.8. The molecule has 5 nitrogen and oxygen atoms in total. The molecule has 0 aliphatic rings. The number of aryl methyl sites for hydroxylation is 1. The molecular formula is C12H13N3O2S. The number of nitrogens with one attached hydrogen (secondary N) is 1. The summed E-state index contributed by atoms with van der Waals surface area (Å²) in [5, 5.41) is 0. The van der Waals surface area contributed by atoms with E-state index in [9.17, 15) is 8.42 Å². The van der Waals surface area contributed by atoms with Gasteiger partial charge < -0.3 is 5.73 Å². The quantitative estimate of drug-likeness (QED) is 0.826. The van der Waals surface area contributed by atoms with E-state index in [-0.39, 0.29) is 4.90 Å². The number of rotatable bonds is 3. The van der Waals surface area contributed by atoms with Crippen LogP contribution >= 0.6 is 0 Å². The van der Waals surface area contributed by atoms with Gasteiger partial charge in [-0.1, -0.05) is 6.07 Å². The van der Waals surface area contributed by atoms with Crippen molar-refractivity contribution in [2.24, 2.45) is 0 Å². The molecule has 0 radical (unpaired) electrons. The van der Waals surface area contributed by atoms with Gasteiger partial charge in [-0.3, -0.25) is 9.71 Å². The van der Waals surface area contributed by atoms with Gasteiger partial charge in [0.15, 0.2) is 0 Å². The zero-order chi connectivity index (χ0) is 13.2. The molecule has 0 bridgehead atoms. The highest BCUT2D eigenvalue weighted by molar-refractivity contribution is 7.92. The van der Waals surface area contributed by atoms with Gasteiger partial charge >= 0.3 is 0 Å². The largest absolute Gasteiger partial charge is 0.399 e. The SMILES string of the molecule is Cc1ccc(N)cc1S(=O)(=O)Nc1cccnc1. The summed E-state index contributed by atoms with van der Waals surface area (Å²) in [6, 6.07) is 8.07. The maximum absolute atomic E-state index is 12.2. The van der Waals surface area contributed by atoms with E-state index in [1.165, 1.54) is 12.3 Å². The molecule has 0 saturated carbocycles. The van der Waals surface area contributed by atoms with Crippen LogP contribution in [0.25, 0.3) is 0 Å². The third-order valence-corrected chi connectivity index (χ3v) is 3.94. The Morgan fingerprint density at radius 2 is 2.06 bits per heavy atom. The van der Waals surface area contributed by atoms with Crippen molar-refractivity contribution >= 4 is 21.4 Å². The number of nitrogen functional groups attached to an aromatic ring is 1. The van der Waals surface area contributed by atoms with Gasteiger partial charge in [-0.15, -0.1) is 0 Å². The fraction of sp³-hybridized carbons (Fsp3) is 0.0833. The minimum absolute atomic E-state index is 0.173. The van der Waals surface area contributed by atoms with Crippen LogP contribution in [0.4, 0.5) is 11.4 Å². The summed E-state index contributed by atoms with van der Waals surface area (Å²) in [4.78, 5) is 4.02. The minimum atomic E-state index is -3.64. The molecule has 1 heterocycles. The van der Waals surface area contributed by atoms with Gasteiger partial charge in [-0.2, -0.15) is 0 Å². The molecule has 3 N–H and O–H groups in total.